The average molecular weight is 359 g/mol. The number of hydrogen-bond donors (Lipinski definition) is 2. The quantitative estimate of drug-likeness (QED) is 0.712. The second-order valence-electron chi connectivity index (χ2n) is 6.83. The van der Waals surface area contributed by atoms with Crippen LogP contribution in [-0.4, -0.2) is 29.8 Å². The minimum absolute atomic E-state index is 0.179. The van der Waals surface area contributed by atoms with Crippen LogP contribution in [0.2, 0.25) is 0 Å². The lowest BCUT2D eigenvalue weighted by atomic mass is 10.1. The lowest BCUT2D eigenvalue weighted by Crippen LogP contribution is -2.27. The van der Waals surface area contributed by atoms with Crippen LogP contribution < -0.4 is 14.8 Å². The summed E-state index contributed by atoms with van der Waals surface area (Å²) in [7, 11) is 1.61. The summed E-state index contributed by atoms with van der Waals surface area (Å²) in [4.78, 5) is 12.4. The fourth-order valence-electron chi connectivity index (χ4n) is 2.66. The van der Waals surface area contributed by atoms with E-state index < -0.39 is 0 Å². The Bertz CT molecular complexity index is 725. The van der Waals surface area contributed by atoms with Crippen molar-refractivity contribution in [3.05, 3.63) is 41.2 Å². The molecule has 2 aromatic rings. The SMILES string of the molecule is CCCOc1ccc(C(C)NC(=O)c2cc(CC(C)C)[nH]n2)cc1OC. The maximum Gasteiger partial charge on any atom is 0.272 e. The molecule has 1 aromatic carbocycles. The number of rotatable bonds is 9. The van der Waals surface area contributed by atoms with Gasteiger partial charge in [0.15, 0.2) is 11.5 Å². The summed E-state index contributed by atoms with van der Waals surface area (Å²) in [5.41, 5.74) is 2.32. The second kappa shape index (κ2) is 9.27. The fraction of sp³-hybridized carbons (Fsp3) is 0.500. The van der Waals surface area contributed by atoms with E-state index in [1.165, 1.54) is 0 Å². The number of methoxy groups -OCH3 is 1. The molecule has 2 N–H and O–H groups in total. The maximum atomic E-state index is 12.4. The molecule has 6 heteroatoms. The van der Waals surface area contributed by atoms with Crippen LogP contribution in [0, 0.1) is 5.92 Å². The Kier molecular flexibility index (Phi) is 7.06. The zero-order valence-electron chi connectivity index (χ0n) is 16.3. The van der Waals surface area contributed by atoms with Gasteiger partial charge in [-0.1, -0.05) is 26.8 Å². The summed E-state index contributed by atoms with van der Waals surface area (Å²) >= 11 is 0. The standard InChI is InChI=1S/C20H29N3O3/c1-6-9-26-18-8-7-15(11-19(18)25-5)14(4)21-20(24)17-12-16(22-23-17)10-13(2)3/h7-8,11-14H,6,9-10H2,1-5H3,(H,21,24)(H,22,23). The van der Waals surface area contributed by atoms with Crippen LogP contribution in [0.1, 0.15) is 61.9 Å². The fourth-order valence-corrected chi connectivity index (χ4v) is 2.66. The van der Waals surface area contributed by atoms with Gasteiger partial charge in [0, 0.05) is 5.69 Å². The average Bonchev–Trinajstić information content (AvgIpc) is 3.07. The normalized spacial score (nSPS) is 12.1. The molecule has 0 bridgehead atoms. The molecule has 1 atom stereocenters. The van der Waals surface area contributed by atoms with E-state index in [9.17, 15) is 4.79 Å². The Balaban J connectivity index is 2.05. The highest BCUT2D eigenvalue weighted by molar-refractivity contribution is 5.92. The van der Waals surface area contributed by atoms with Gasteiger partial charge in [-0.3, -0.25) is 9.89 Å². The number of aromatic nitrogens is 2. The minimum atomic E-state index is -0.200. The van der Waals surface area contributed by atoms with Crippen molar-refractivity contribution in [2.75, 3.05) is 13.7 Å². The first-order chi connectivity index (χ1) is 12.4. The number of carbonyl (C=O) groups excluding carboxylic acids is 1. The predicted molar refractivity (Wildman–Crippen MR) is 102 cm³/mol. The number of aromatic amines is 1. The third kappa shape index (κ3) is 5.25. The van der Waals surface area contributed by atoms with Gasteiger partial charge >= 0.3 is 0 Å². The summed E-state index contributed by atoms with van der Waals surface area (Å²) < 4.78 is 11.1. The number of hydrogen-bond acceptors (Lipinski definition) is 4. The van der Waals surface area contributed by atoms with Gasteiger partial charge < -0.3 is 14.8 Å². The van der Waals surface area contributed by atoms with Gasteiger partial charge in [-0.25, -0.2) is 0 Å². The van der Waals surface area contributed by atoms with E-state index in [2.05, 4.69) is 36.3 Å². The number of nitrogens with one attached hydrogen (secondary N) is 2. The first kappa shape index (κ1) is 19.8. The van der Waals surface area contributed by atoms with E-state index in [0.717, 1.165) is 24.1 Å². The molecule has 0 saturated heterocycles. The van der Waals surface area contributed by atoms with Crippen LogP contribution >= 0.6 is 0 Å². The van der Waals surface area contributed by atoms with Crippen molar-refractivity contribution >= 4 is 5.91 Å². The van der Waals surface area contributed by atoms with E-state index in [-0.39, 0.29) is 11.9 Å². The molecule has 26 heavy (non-hydrogen) atoms. The summed E-state index contributed by atoms with van der Waals surface area (Å²) in [6, 6.07) is 7.34. The Morgan fingerprint density at radius 1 is 1.23 bits per heavy atom. The van der Waals surface area contributed by atoms with Gasteiger partial charge in [0.2, 0.25) is 0 Å². The first-order valence-electron chi connectivity index (χ1n) is 9.10. The van der Waals surface area contributed by atoms with Crippen molar-refractivity contribution in [2.24, 2.45) is 5.92 Å². The summed E-state index contributed by atoms with van der Waals surface area (Å²) in [5.74, 6) is 1.68. The zero-order valence-corrected chi connectivity index (χ0v) is 16.3. The highest BCUT2D eigenvalue weighted by atomic mass is 16.5. The number of nitrogens with zero attached hydrogens (tertiary/aromatic N) is 1. The Morgan fingerprint density at radius 2 is 2.00 bits per heavy atom. The smallest absolute Gasteiger partial charge is 0.272 e. The summed E-state index contributed by atoms with van der Waals surface area (Å²) in [6.45, 7) is 8.88. The highest BCUT2D eigenvalue weighted by Crippen LogP contribution is 2.30. The lowest BCUT2D eigenvalue weighted by molar-refractivity contribution is 0.0934. The number of amides is 1. The molecular formula is C20H29N3O3. The van der Waals surface area contributed by atoms with Crippen molar-refractivity contribution in [1.82, 2.24) is 15.5 Å². The molecule has 1 amide bonds. The Morgan fingerprint density at radius 3 is 2.65 bits per heavy atom. The summed E-state index contributed by atoms with van der Waals surface area (Å²) in [6.07, 6.45) is 1.80. The van der Waals surface area contributed by atoms with Crippen LogP contribution in [0.15, 0.2) is 24.3 Å². The Labute approximate surface area is 155 Å². The molecule has 0 aliphatic heterocycles. The molecule has 6 nitrogen and oxygen atoms in total. The molecule has 0 aliphatic rings. The van der Waals surface area contributed by atoms with Crippen molar-refractivity contribution in [3.63, 3.8) is 0 Å². The van der Waals surface area contributed by atoms with Gasteiger partial charge in [0.25, 0.3) is 5.91 Å². The van der Waals surface area contributed by atoms with E-state index in [0.29, 0.717) is 29.7 Å². The number of benzene rings is 1. The molecule has 1 heterocycles. The van der Waals surface area contributed by atoms with Crippen LogP contribution in [0.5, 0.6) is 11.5 Å². The lowest BCUT2D eigenvalue weighted by Gasteiger charge is -2.16. The molecule has 2 rings (SSSR count). The van der Waals surface area contributed by atoms with E-state index in [4.69, 9.17) is 9.47 Å². The minimum Gasteiger partial charge on any atom is -0.493 e. The molecule has 1 unspecified atom stereocenters. The predicted octanol–water partition coefficient (Wildman–Crippen LogP) is 3.90. The van der Waals surface area contributed by atoms with Gasteiger partial charge in [0.1, 0.15) is 5.69 Å². The van der Waals surface area contributed by atoms with Gasteiger partial charge in [-0.05, 0) is 49.4 Å². The van der Waals surface area contributed by atoms with Crippen molar-refractivity contribution < 1.29 is 14.3 Å². The molecule has 0 spiro atoms. The van der Waals surface area contributed by atoms with Gasteiger partial charge in [-0.2, -0.15) is 5.10 Å². The van der Waals surface area contributed by atoms with Crippen LogP contribution in [0.4, 0.5) is 0 Å². The van der Waals surface area contributed by atoms with Crippen molar-refractivity contribution in [1.29, 1.82) is 0 Å². The van der Waals surface area contributed by atoms with Crippen LogP contribution in [0.25, 0.3) is 0 Å². The zero-order chi connectivity index (χ0) is 19.1. The van der Waals surface area contributed by atoms with Crippen LogP contribution in [-0.2, 0) is 6.42 Å². The summed E-state index contributed by atoms with van der Waals surface area (Å²) in [5, 5.41) is 10.0. The molecule has 0 saturated carbocycles. The highest BCUT2D eigenvalue weighted by Gasteiger charge is 2.16. The third-order valence-electron chi connectivity index (χ3n) is 3.99. The third-order valence-corrected chi connectivity index (χ3v) is 3.99. The van der Waals surface area contributed by atoms with Gasteiger partial charge in [0.05, 0.1) is 19.8 Å². The number of ether oxygens (including phenoxy) is 2. The monoisotopic (exact) mass is 359 g/mol. The molecule has 0 fully saturated rings. The molecule has 142 valence electrons. The molecule has 1 aromatic heterocycles. The molecule has 0 radical (unpaired) electrons. The second-order valence-corrected chi connectivity index (χ2v) is 6.83. The van der Waals surface area contributed by atoms with Crippen LogP contribution in [0.3, 0.4) is 0 Å². The van der Waals surface area contributed by atoms with E-state index >= 15 is 0 Å². The van der Waals surface area contributed by atoms with E-state index in [1.807, 2.05) is 31.2 Å². The van der Waals surface area contributed by atoms with Crippen molar-refractivity contribution in [3.8, 4) is 11.5 Å². The number of H-pyrrole nitrogens is 1. The van der Waals surface area contributed by atoms with Crippen molar-refractivity contribution in [2.45, 2.75) is 46.6 Å². The Hall–Kier alpha value is -2.50. The largest absolute Gasteiger partial charge is 0.493 e. The maximum absolute atomic E-state index is 12.4. The van der Waals surface area contributed by atoms with E-state index in [1.54, 1.807) is 7.11 Å². The first-order valence-corrected chi connectivity index (χ1v) is 9.10. The van der Waals surface area contributed by atoms with Gasteiger partial charge in [-0.15, -0.1) is 0 Å². The molecule has 0 aliphatic carbocycles. The number of carbonyl (C=O) groups is 1. The molecular weight excluding hydrogens is 330 g/mol. The topological polar surface area (TPSA) is 76.2 Å².